The number of carbonyl (C=O) groups is 1. The normalized spacial score (nSPS) is 23.1. The fourth-order valence-corrected chi connectivity index (χ4v) is 2.88. The maximum absolute atomic E-state index is 11.1. The SMILES string of the molecule is O=C(O)N1CCCCC1C(O)c1ccsc1. The molecule has 1 aromatic rings. The van der Waals surface area contributed by atoms with E-state index in [0.717, 1.165) is 24.8 Å². The molecule has 1 saturated heterocycles. The number of thiophene rings is 1. The van der Waals surface area contributed by atoms with Gasteiger partial charge in [-0.15, -0.1) is 0 Å². The number of aliphatic hydroxyl groups excluding tert-OH is 1. The van der Waals surface area contributed by atoms with Crippen LogP contribution in [0.4, 0.5) is 4.79 Å². The van der Waals surface area contributed by atoms with Crippen molar-refractivity contribution in [3.63, 3.8) is 0 Å². The van der Waals surface area contributed by atoms with Gasteiger partial charge in [-0.2, -0.15) is 11.3 Å². The molecule has 1 aliphatic rings. The van der Waals surface area contributed by atoms with Gasteiger partial charge in [0.05, 0.1) is 6.04 Å². The monoisotopic (exact) mass is 241 g/mol. The van der Waals surface area contributed by atoms with E-state index in [0.29, 0.717) is 6.54 Å². The molecule has 2 atom stereocenters. The lowest BCUT2D eigenvalue weighted by Crippen LogP contribution is -2.46. The van der Waals surface area contributed by atoms with Crippen molar-refractivity contribution >= 4 is 17.4 Å². The predicted octanol–water partition coefficient (Wildman–Crippen LogP) is 2.31. The summed E-state index contributed by atoms with van der Waals surface area (Å²) in [6, 6.07) is 1.56. The first-order valence-electron chi connectivity index (χ1n) is 5.40. The Kier molecular flexibility index (Phi) is 3.46. The van der Waals surface area contributed by atoms with Crippen LogP contribution in [0.5, 0.6) is 0 Å². The minimum Gasteiger partial charge on any atom is -0.465 e. The summed E-state index contributed by atoms with van der Waals surface area (Å²) in [4.78, 5) is 12.4. The average Bonchev–Trinajstić information content (AvgIpc) is 2.81. The highest BCUT2D eigenvalue weighted by Crippen LogP contribution is 2.29. The van der Waals surface area contributed by atoms with Gasteiger partial charge < -0.3 is 15.1 Å². The van der Waals surface area contributed by atoms with Gasteiger partial charge in [0.25, 0.3) is 0 Å². The second-order valence-electron chi connectivity index (χ2n) is 4.04. The van der Waals surface area contributed by atoms with E-state index in [9.17, 15) is 9.90 Å². The number of rotatable bonds is 2. The van der Waals surface area contributed by atoms with Gasteiger partial charge in [-0.1, -0.05) is 0 Å². The minimum atomic E-state index is -0.932. The van der Waals surface area contributed by atoms with Gasteiger partial charge in [0, 0.05) is 6.54 Å². The number of hydrogen-bond donors (Lipinski definition) is 2. The molecule has 5 heteroatoms. The van der Waals surface area contributed by atoms with Crippen LogP contribution >= 0.6 is 11.3 Å². The third-order valence-electron chi connectivity index (χ3n) is 3.04. The Hall–Kier alpha value is -1.07. The largest absolute Gasteiger partial charge is 0.465 e. The maximum atomic E-state index is 11.1. The second-order valence-corrected chi connectivity index (χ2v) is 4.82. The van der Waals surface area contributed by atoms with Crippen molar-refractivity contribution in [2.45, 2.75) is 31.4 Å². The van der Waals surface area contributed by atoms with Crippen molar-refractivity contribution in [1.29, 1.82) is 0 Å². The van der Waals surface area contributed by atoms with Crippen LogP contribution in [0.15, 0.2) is 16.8 Å². The second kappa shape index (κ2) is 4.84. The van der Waals surface area contributed by atoms with Crippen molar-refractivity contribution in [1.82, 2.24) is 4.90 Å². The van der Waals surface area contributed by atoms with E-state index in [4.69, 9.17) is 5.11 Å². The van der Waals surface area contributed by atoms with Crippen molar-refractivity contribution in [2.24, 2.45) is 0 Å². The number of hydrogen-bond acceptors (Lipinski definition) is 3. The number of piperidine rings is 1. The zero-order valence-corrected chi connectivity index (χ0v) is 9.69. The number of amides is 1. The topological polar surface area (TPSA) is 60.8 Å². The van der Waals surface area contributed by atoms with Crippen LogP contribution in [-0.4, -0.2) is 33.8 Å². The lowest BCUT2D eigenvalue weighted by atomic mass is 9.95. The molecular formula is C11H15NO3S. The first kappa shape index (κ1) is 11.4. The van der Waals surface area contributed by atoms with Gasteiger partial charge in [0.1, 0.15) is 6.10 Å². The third kappa shape index (κ3) is 2.20. The van der Waals surface area contributed by atoms with E-state index in [1.807, 2.05) is 16.8 Å². The molecule has 0 bridgehead atoms. The van der Waals surface area contributed by atoms with E-state index < -0.39 is 12.2 Å². The number of likely N-dealkylation sites (tertiary alicyclic amines) is 1. The summed E-state index contributed by atoms with van der Waals surface area (Å²) in [5.74, 6) is 0. The molecule has 88 valence electrons. The molecule has 1 aliphatic heterocycles. The Morgan fingerprint density at radius 2 is 2.38 bits per heavy atom. The van der Waals surface area contributed by atoms with Gasteiger partial charge in [-0.05, 0) is 41.7 Å². The highest BCUT2D eigenvalue weighted by atomic mass is 32.1. The molecule has 0 aliphatic carbocycles. The number of nitrogens with zero attached hydrogens (tertiary/aromatic N) is 1. The van der Waals surface area contributed by atoms with E-state index in [2.05, 4.69) is 0 Å². The summed E-state index contributed by atoms with van der Waals surface area (Å²) in [7, 11) is 0. The molecule has 2 N–H and O–H groups in total. The molecule has 1 amide bonds. The van der Waals surface area contributed by atoms with Gasteiger partial charge in [-0.25, -0.2) is 4.79 Å². The fourth-order valence-electron chi connectivity index (χ4n) is 2.19. The summed E-state index contributed by atoms with van der Waals surface area (Å²) in [5, 5.41) is 23.0. The summed E-state index contributed by atoms with van der Waals surface area (Å²) in [6.07, 6.45) is 0.986. The van der Waals surface area contributed by atoms with Crippen LogP contribution in [0.1, 0.15) is 30.9 Å². The highest BCUT2D eigenvalue weighted by Gasteiger charge is 2.32. The van der Waals surface area contributed by atoms with Crippen LogP contribution < -0.4 is 0 Å². The predicted molar refractivity (Wildman–Crippen MR) is 61.6 cm³/mol. The summed E-state index contributed by atoms with van der Waals surface area (Å²) >= 11 is 1.52. The zero-order valence-electron chi connectivity index (χ0n) is 8.87. The smallest absolute Gasteiger partial charge is 0.407 e. The Bertz CT molecular complexity index is 352. The van der Waals surface area contributed by atoms with Crippen LogP contribution in [0.2, 0.25) is 0 Å². The molecule has 2 heterocycles. The lowest BCUT2D eigenvalue weighted by molar-refractivity contribution is 0.0288. The van der Waals surface area contributed by atoms with Crippen molar-refractivity contribution in [2.75, 3.05) is 6.54 Å². The average molecular weight is 241 g/mol. The molecule has 0 radical (unpaired) electrons. The Balaban J connectivity index is 2.14. The van der Waals surface area contributed by atoms with Crippen LogP contribution in [0.25, 0.3) is 0 Å². The zero-order chi connectivity index (χ0) is 11.5. The molecular weight excluding hydrogens is 226 g/mol. The number of aliphatic hydroxyl groups is 1. The van der Waals surface area contributed by atoms with Crippen molar-refractivity contribution in [3.05, 3.63) is 22.4 Å². The Labute approximate surface area is 98.1 Å². The van der Waals surface area contributed by atoms with Gasteiger partial charge in [0.15, 0.2) is 0 Å². The first-order chi connectivity index (χ1) is 7.70. The molecule has 0 saturated carbocycles. The quantitative estimate of drug-likeness (QED) is 0.835. The molecule has 2 rings (SSSR count). The molecule has 0 aromatic carbocycles. The number of carboxylic acid groups (broad SMARTS) is 1. The standard InChI is InChI=1S/C11H15NO3S/c13-10(8-4-6-16-7-8)9-3-1-2-5-12(9)11(14)15/h4,6-7,9-10,13H,1-3,5H2,(H,14,15). The van der Waals surface area contributed by atoms with E-state index in [-0.39, 0.29) is 6.04 Å². The van der Waals surface area contributed by atoms with E-state index in [1.165, 1.54) is 16.2 Å². The maximum Gasteiger partial charge on any atom is 0.407 e. The molecule has 2 unspecified atom stereocenters. The van der Waals surface area contributed by atoms with E-state index >= 15 is 0 Å². The highest BCUT2D eigenvalue weighted by molar-refractivity contribution is 7.07. The fraction of sp³-hybridized carbons (Fsp3) is 0.545. The molecule has 4 nitrogen and oxygen atoms in total. The summed E-state index contributed by atoms with van der Waals surface area (Å²) in [5.41, 5.74) is 0.822. The molecule has 0 spiro atoms. The van der Waals surface area contributed by atoms with Crippen molar-refractivity contribution < 1.29 is 15.0 Å². The molecule has 1 fully saturated rings. The lowest BCUT2D eigenvalue weighted by Gasteiger charge is -2.36. The first-order valence-corrected chi connectivity index (χ1v) is 6.34. The van der Waals surface area contributed by atoms with Crippen LogP contribution in [0, 0.1) is 0 Å². The van der Waals surface area contributed by atoms with Crippen LogP contribution in [0.3, 0.4) is 0 Å². The molecule has 16 heavy (non-hydrogen) atoms. The molecule has 1 aromatic heterocycles. The van der Waals surface area contributed by atoms with E-state index in [1.54, 1.807) is 0 Å². The van der Waals surface area contributed by atoms with Gasteiger partial charge >= 0.3 is 6.09 Å². The van der Waals surface area contributed by atoms with Crippen LogP contribution in [-0.2, 0) is 0 Å². The summed E-state index contributed by atoms with van der Waals surface area (Å²) in [6.45, 7) is 0.529. The minimum absolute atomic E-state index is 0.291. The Morgan fingerprint density at radius 1 is 1.56 bits per heavy atom. The third-order valence-corrected chi connectivity index (χ3v) is 3.75. The van der Waals surface area contributed by atoms with Crippen molar-refractivity contribution in [3.8, 4) is 0 Å². The summed E-state index contributed by atoms with van der Waals surface area (Å²) < 4.78 is 0. The Morgan fingerprint density at radius 3 is 3.00 bits per heavy atom. The van der Waals surface area contributed by atoms with Gasteiger partial charge in [0.2, 0.25) is 0 Å². The van der Waals surface area contributed by atoms with Gasteiger partial charge in [-0.3, -0.25) is 0 Å².